The molecule has 1 saturated heterocycles. The van der Waals surface area contributed by atoms with Crippen molar-refractivity contribution < 1.29 is 9.59 Å². The van der Waals surface area contributed by atoms with Gasteiger partial charge >= 0.3 is 0 Å². The van der Waals surface area contributed by atoms with Crippen molar-refractivity contribution in [2.75, 3.05) is 36.4 Å². The number of nitrogens with one attached hydrogen (secondary N) is 2. The molecule has 0 unspecified atom stereocenters. The van der Waals surface area contributed by atoms with Gasteiger partial charge in [-0.3, -0.25) is 14.9 Å². The largest absolute Gasteiger partial charge is 0.365 e. The van der Waals surface area contributed by atoms with Crippen molar-refractivity contribution in [2.24, 2.45) is 0 Å². The normalized spacial score (nSPS) is 13.7. The number of nitrogens with zero attached hydrogens (tertiary/aromatic N) is 2. The fourth-order valence-electron chi connectivity index (χ4n) is 3.49. The number of para-hydroxylation sites is 1. The van der Waals surface area contributed by atoms with Gasteiger partial charge in [0.15, 0.2) is 5.11 Å². The SMILES string of the molecule is CCC(=O)N1CCN(c2c(Cl)cccc2NC(=S)NC(=O)c2ccccc2C)CC1. The van der Waals surface area contributed by atoms with Crippen molar-refractivity contribution in [1.29, 1.82) is 0 Å². The first kappa shape index (κ1) is 22.1. The number of anilines is 2. The summed E-state index contributed by atoms with van der Waals surface area (Å²) in [7, 11) is 0. The predicted molar refractivity (Wildman–Crippen MR) is 125 cm³/mol. The van der Waals surface area contributed by atoms with Crippen LogP contribution in [0.1, 0.15) is 29.3 Å². The molecule has 2 amide bonds. The van der Waals surface area contributed by atoms with Gasteiger partial charge in [0.05, 0.1) is 16.4 Å². The summed E-state index contributed by atoms with van der Waals surface area (Å²) in [5, 5.41) is 6.63. The zero-order valence-electron chi connectivity index (χ0n) is 17.1. The minimum atomic E-state index is -0.263. The van der Waals surface area contributed by atoms with Crippen molar-refractivity contribution >= 4 is 52.1 Å². The van der Waals surface area contributed by atoms with E-state index in [1.54, 1.807) is 6.07 Å². The fourth-order valence-corrected chi connectivity index (χ4v) is 3.99. The van der Waals surface area contributed by atoms with Crippen LogP contribution in [-0.4, -0.2) is 48.0 Å². The van der Waals surface area contributed by atoms with Crippen LogP contribution in [0.25, 0.3) is 0 Å². The summed E-state index contributed by atoms with van der Waals surface area (Å²) in [4.78, 5) is 28.5. The van der Waals surface area contributed by atoms with E-state index in [1.165, 1.54) is 0 Å². The molecule has 0 aliphatic carbocycles. The van der Waals surface area contributed by atoms with Crippen LogP contribution < -0.4 is 15.5 Å². The number of halogens is 1. The number of rotatable bonds is 4. The number of hydrogen-bond donors (Lipinski definition) is 2. The Labute approximate surface area is 187 Å². The molecule has 30 heavy (non-hydrogen) atoms. The highest BCUT2D eigenvalue weighted by Crippen LogP contribution is 2.34. The molecule has 3 rings (SSSR count). The van der Waals surface area contributed by atoms with Gasteiger partial charge in [0.1, 0.15) is 0 Å². The highest BCUT2D eigenvalue weighted by molar-refractivity contribution is 7.80. The summed E-state index contributed by atoms with van der Waals surface area (Å²) in [5.41, 5.74) is 2.98. The molecule has 0 bridgehead atoms. The zero-order chi connectivity index (χ0) is 21.7. The number of thiocarbonyl (C=S) groups is 1. The zero-order valence-corrected chi connectivity index (χ0v) is 18.6. The Balaban J connectivity index is 1.71. The van der Waals surface area contributed by atoms with E-state index in [4.69, 9.17) is 23.8 Å². The molecule has 0 radical (unpaired) electrons. The Bertz CT molecular complexity index is 958. The molecule has 6 nitrogen and oxygen atoms in total. The van der Waals surface area contributed by atoms with E-state index in [2.05, 4.69) is 15.5 Å². The molecule has 0 atom stereocenters. The first-order valence-corrected chi connectivity index (χ1v) is 10.7. The van der Waals surface area contributed by atoms with Crippen LogP contribution >= 0.6 is 23.8 Å². The molecule has 0 saturated carbocycles. The molecule has 158 valence electrons. The lowest BCUT2D eigenvalue weighted by atomic mass is 10.1. The number of aryl methyl sites for hydroxylation is 1. The van der Waals surface area contributed by atoms with E-state index >= 15 is 0 Å². The van der Waals surface area contributed by atoms with Gasteiger partial charge in [-0.2, -0.15) is 0 Å². The van der Waals surface area contributed by atoms with Crippen LogP contribution in [0.15, 0.2) is 42.5 Å². The second-order valence-corrected chi connectivity index (χ2v) is 7.90. The van der Waals surface area contributed by atoms with E-state index < -0.39 is 0 Å². The smallest absolute Gasteiger partial charge is 0.257 e. The van der Waals surface area contributed by atoms with Gasteiger partial charge in [0.25, 0.3) is 5.91 Å². The quantitative estimate of drug-likeness (QED) is 0.701. The van der Waals surface area contributed by atoms with Gasteiger partial charge in [-0.25, -0.2) is 0 Å². The fraction of sp³-hybridized carbons (Fsp3) is 0.318. The Kier molecular flexibility index (Phi) is 7.29. The van der Waals surface area contributed by atoms with Gasteiger partial charge in [-0.1, -0.05) is 42.8 Å². The molecule has 1 aliphatic rings. The van der Waals surface area contributed by atoms with E-state index in [1.807, 2.05) is 55.1 Å². The summed E-state index contributed by atoms with van der Waals surface area (Å²) >= 11 is 11.9. The second-order valence-electron chi connectivity index (χ2n) is 7.08. The van der Waals surface area contributed by atoms with Gasteiger partial charge in [-0.15, -0.1) is 0 Å². The standard InChI is InChI=1S/C22H25ClN4O2S/c1-3-19(28)26-11-13-27(14-12-26)20-17(23)9-6-10-18(20)24-22(30)25-21(29)16-8-5-4-7-15(16)2/h4-10H,3,11-14H2,1-2H3,(H2,24,25,29,30). The summed E-state index contributed by atoms with van der Waals surface area (Å²) in [6, 6.07) is 12.9. The third-order valence-corrected chi connectivity index (χ3v) is 5.61. The number of benzene rings is 2. The topological polar surface area (TPSA) is 64.7 Å². The van der Waals surface area contributed by atoms with Gasteiger partial charge in [0.2, 0.25) is 5.91 Å². The maximum absolute atomic E-state index is 12.5. The molecule has 8 heteroatoms. The summed E-state index contributed by atoms with van der Waals surface area (Å²) < 4.78 is 0. The van der Waals surface area contributed by atoms with E-state index in [-0.39, 0.29) is 16.9 Å². The molecule has 1 fully saturated rings. The molecular weight excluding hydrogens is 420 g/mol. The summed E-state index contributed by atoms with van der Waals surface area (Å²) in [6.45, 7) is 6.39. The van der Waals surface area contributed by atoms with Gasteiger partial charge in [0, 0.05) is 38.2 Å². The van der Waals surface area contributed by atoms with Crippen molar-refractivity contribution in [3.05, 3.63) is 58.6 Å². The number of amides is 2. The number of carbonyl (C=O) groups is 2. The molecule has 2 aromatic carbocycles. The lowest BCUT2D eigenvalue weighted by Gasteiger charge is -2.37. The average Bonchev–Trinajstić information content (AvgIpc) is 2.73. The van der Waals surface area contributed by atoms with Crippen LogP contribution in [0, 0.1) is 6.92 Å². The van der Waals surface area contributed by atoms with Crippen molar-refractivity contribution in [3.8, 4) is 0 Å². The predicted octanol–water partition coefficient (Wildman–Crippen LogP) is 3.83. The van der Waals surface area contributed by atoms with Crippen molar-refractivity contribution in [2.45, 2.75) is 20.3 Å². The Morgan fingerprint density at radius 3 is 2.43 bits per heavy atom. The molecular formula is C22H25ClN4O2S. The molecule has 0 aromatic heterocycles. The third kappa shape index (κ3) is 5.09. The summed E-state index contributed by atoms with van der Waals surface area (Å²) in [5.74, 6) is -0.104. The molecule has 2 N–H and O–H groups in total. The van der Waals surface area contributed by atoms with Crippen molar-refractivity contribution in [3.63, 3.8) is 0 Å². The first-order chi connectivity index (χ1) is 14.4. The molecule has 2 aromatic rings. The minimum absolute atomic E-state index is 0.159. The average molecular weight is 445 g/mol. The highest BCUT2D eigenvalue weighted by atomic mass is 35.5. The molecule has 1 heterocycles. The van der Waals surface area contributed by atoms with E-state index in [0.717, 1.165) is 11.3 Å². The summed E-state index contributed by atoms with van der Waals surface area (Å²) in [6.07, 6.45) is 0.508. The number of carbonyl (C=O) groups excluding carboxylic acids is 2. The Hall–Kier alpha value is -2.64. The van der Waals surface area contributed by atoms with Gasteiger partial charge in [-0.05, 0) is 42.9 Å². The van der Waals surface area contributed by atoms with E-state index in [9.17, 15) is 9.59 Å². The van der Waals surface area contributed by atoms with Crippen LogP contribution in [0.5, 0.6) is 0 Å². The lowest BCUT2D eigenvalue weighted by molar-refractivity contribution is -0.131. The molecule has 0 spiro atoms. The third-order valence-electron chi connectivity index (χ3n) is 5.10. The molecule has 1 aliphatic heterocycles. The van der Waals surface area contributed by atoms with Gasteiger partial charge < -0.3 is 15.1 Å². The Morgan fingerprint density at radius 2 is 1.77 bits per heavy atom. The Morgan fingerprint density at radius 1 is 1.07 bits per heavy atom. The van der Waals surface area contributed by atoms with Crippen molar-refractivity contribution in [1.82, 2.24) is 10.2 Å². The highest BCUT2D eigenvalue weighted by Gasteiger charge is 2.23. The monoisotopic (exact) mass is 444 g/mol. The number of piperazine rings is 1. The minimum Gasteiger partial charge on any atom is -0.365 e. The van der Waals surface area contributed by atoms with E-state index in [0.29, 0.717) is 48.9 Å². The van der Waals surface area contributed by atoms with Crippen LogP contribution in [0.2, 0.25) is 5.02 Å². The first-order valence-electron chi connectivity index (χ1n) is 9.90. The maximum atomic E-state index is 12.5. The lowest BCUT2D eigenvalue weighted by Crippen LogP contribution is -2.49. The maximum Gasteiger partial charge on any atom is 0.257 e. The van der Waals surface area contributed by atoms with Crippen LogP contribution in [-0.2, 0) is 4.79 Å². The number of hydrogen-bond acceptors (Lipinski definition) is 4. The second kappa shape index (κ2) is 9.91. The van der Waals surface area contributed by atoms with Crippen LogP contribution in [0.4, 0.5) is 11.4 Å². The van der Waals surface area contributed by atoms with Crippen LogP contribution in [0.3, 0.4) is 0 Å².